The first kappa shape index (κ1) is 18.1. The summed E-state index contributed by atoms with van der Waals surface area (Å²) in [5, 5.41) is 8.91. The van der Waals surface area contributed by atoms with Crippen LogP contribution in [0.4, 0.5) is 18.9 Å². The molecule has 0 saturated heterocycles. The Morgan fingerprint density at radius 1 is 1.38 bits per heavy atom. The van der Waals surface area contributed by atoms with Crippen molar-refractivity contribution < 1.29 is 18.0 Å². The van der Waals surface area contributed by atoms with E-state index in [4.69, 9.17) is 5.26 Å². The first-order valence-electron chi connectivity index (χ1n) is 7.74. The third-order valence-electron chi connectivity index (χ3n) is 4.18. The summed E-state index contributed by atoms with van der Waals surface area (Å²) in [5.41, 5.74) is -1.06. The number of halogens is 3. The molecule has 1 aromatic rings. The van der Waals surface area contributed by atoms with Gasteiger partial charge in [0.05, 0.1) is 17.2 Å². The highest BCUT2D eigenvalue weighted by atomic mass is 19.4. The number of likely N-dealkylation sites (N-methyl/N-ethyl adjacent to an activating group) is 1. The maximum Gasteiger partial charge on any atom is 0.417 e. The van der Waals surface area contributed by atoms with E-state index in [0.717, 1.165) is 18.9 Å². The number of hydrogen-bond donors (Lipinski definition) is 0. The molecule has 0 aliphatic heterocycles. The van der Waals surface area contributed by atoms with Crippen LogP contribution in [-0.2, 0) is 11.0 Å². The highest BCUT2D eigenvalue weighted by Crippen LogP contribution is 2.37. The normalized spacial score (nSPS) is 15.5. The van der Waals surface area contributed by atoms with E-state index >= 15 is 0 Å². The van der Waals surface area contributed by atoms with E-state index in [0.29, 0.717) is 18.2 Å². The van der Waals surface area contributed by atoms with Crippen LogP contribution in [0.1, 0.15) is 30.9 Å². The van der Waals surface area contributed by atoms with Crippen LogP contribution in [0.3, 0.4) is 0 Å². The van der Waals surface area contributed by atoms with Gasteiger partial charge >= 0.3 is 6.18 Å². The predicted octanol–water partition coefficient (Wildman–Crippen LogP) is 3.27. The molecule has 0 radical (unpaired) electrons. The standard InChI is InChI=1S/C17H20F3N3O/c1-11(16(24)22(2)3)23(10-12-4-5-12)14-7-6-13(9-21)15(8-14)17(18,19)20/h6-8,11-12H,4-5,10H2,1-3H3/t11-/m0/s1. The number of nitrogens with zero attached hydrogens (tertiary/aromatic N) is 3. The van der Waals surface area contributed by atoms with Crippen molar-refractivity contribution in [2.24, 2.45) is 5.92 Å². The molecular formula is C17H20F3N3O. The van der Waals surface area contributed by atoms with E-state index < -0.39 is 23.3 Å². The quantitative estimate of drug-likeness (QED) is 0.827. The Kier molecular flexibility index (Phi) is 5.07. The fourth-order valence-corrected chi connectivity index (χ4v) is 2.62. The van der Waals surface area contributed by atoms with Crippen molar-refractivity contribution in [3.05, 3.63) is 29.3 Å². The molecule has 2 rings (SSSR count). The number of rotatable bonds is 5. The van der Waals surface area contributed by atoms with Crippen molar-refractivity contribution in [3.63, 3.8) is 0 Å². The van der Waals surface area contributed by atoms with E-state index in [-0.39, 0.29) is 5.91 Å². The fraction of sp³-hybridized carbons (Fsp3) is 0.529. The fourth-order valence-electron chi connectivity index (χ4n) is 2.62. The molecule has 0 aromatic heterocycles. The largest absolute Gasteiger partial charge is 0.417 e. The molecule has 1 aliphatic carbocycles. The van der Waals surface area contributed by atoms with Gasteiger partial charge in [-0.2, -0.15) is 18.4 Å². The Bertz CT molecular complexity index is 660. The minimum absolute atomic E-state index is 0.173. The molecule has 7 heteroatoms. The molecular weight excluding hydrogens is 319 g/mol. The minimum Gasteiger partial charge on any atom is -0.359 e. The lowest BCUT2D eigenvalue weighted by Crippen LogP contribution is -2.45. The summed E-state index contributed by atoms with van der Waals surface area (Å²) in [5.74, 6) is 0.223. The number of anilines is 1. The van der Waals surface area contributed by atoms with Crippen molar-refractivity contribution in [2.45, 2.75) is 32.0 Å². The minimum atomic E-state index is -4.61. The zero-order valence-electron chi connectivity index (χ0n) is 13.9. The molecule has 0 heterocycles. The summed E-state index contributed by atoms with van der Waals surface area (Å²) < 4.78 is 39.6. The van der Waals surface area contributed by atoms with Crippen LogP contribution in [-0.4, -0.2) is 37.5 Å². The van der Waals surface area contributed by atoms with Crippen molar-refractivity contribution >= 4 is 11.6 Å². The lowest BCUT2D eigenvalue weighted by atomic mass is 10.1. The molecule has 1 atom stereocenters. The van der Waals surface area contributed by atoms with Gasteiger partial charge in [0, 0.05) is 26.3 Å². The number of nitriles is 1. The van der Waals surface area contributed by atoms with E-state index in [1.807, 2.05) is 0 Å². The van der Waals surface area contributed by atoms with E-state index in [1.165, 1.54) is 17.0 Å². The lowest BCUT2D eigenvalue weighted by molar-refractivity contribution is -0.137. The van der Waals surface area contributed by atoms with Gasteiger partial charge in [-0.1, -0.05) is 0 Å². The monoisotopic (exact) mass is 339 g/mol. The highest BCUT2D eigenvalue weighted by Gasteiger charge is 2.36. The number of carbonyl (C=O) groups is 1. The number of benzene rings is 1. The number of alkyl halides is 3. The molecule has 1 aliphatic rings. The van der Waals surface area contributed by atoms with Crippen molar-refractivity contribution in [2.75, 3.05) is 25.5 Å². The smallest absolute Gasteiger partial charge is 0.359 e. The topological polar surface area (TPSA) is 47.3 Å². The van der Waals surface area contributed by atoms with Gasteiger partial charge in [0.25, 0.3) is 0 Å². The first-order valence-corrected chi connectivity index (χ1v) is 7.74. The molecule has 0 spiro atoms. The second kappa shape index (κ2) is 6.71. The maximum absolute atomic E-state index is 13.2. The number of hydrogen-bond acceptors (Lipinski definition) is 3. The van der Waals surface area contributed by atoms with Crippen LogP contribution in [0.15, 0.2) is 18.2 Å². The van der Waals surface area contributed by atoms with Gasteiger partial charge < -0.3 is 9.80 Å². The Morgan fingerprint density at radius 3 is 2.46 bits per heavy atom. The Balaban J connectivity index is 2.42. The molecule has 4 nitrogen and oxygen atoms in total. The zero-order chi connectivity index (χ0) is 18.1. The molecule has 1 fully saturated rings. The second-order valence-corrected chi connectivity index (χ2v) is 6.34. The summed E-state index contributed by atoms with van der Waals surface area (Å²) in [6.07, 6.45) is -2.58. The van der Waals surface area contributed by atoms with Crippen molar-refractivity contribution in [1.29, 1.82) is 5.26 Å². The molecule has 0 N–H and O–H groups in total. The highest BCUT2D eigenvalue weighted by molar-refractivity contribution is 5.84. The molecule has 24 heavy (non-hydrogen) atoms. The average Bonchev–Trinajstić information content (AvgIpc) is 3.33. The second-order valence-electron chi connectivity index (χ2n) is 6.34. The van der Waals surface area contributed by atoms with E-state index in [9.17, 15) is 18.0 Å². The summed E-state index contributed by atoms with van der Waals surface area (Å²) in [6, 6.07) is 4.63. The summed E-state index contributed by atoms with van der Waals surface area (Å²) >= 11 is 0. The molecule has 1 aromatic carbocycles. The average molecular weight is 339 g/mol. The van der Waals surface area contributed by atoms with E-state index in [1.54, 1.807) is 32.0 Å². The van der Waals surface area contributed by atoms with Gasteiger partial charge in [0.15, 0.2) is 0 Å². The van der Waals surface area contributed by atoms with Crippen LogP contribution in [0, 0.1) is 17.2 Å². The lowest BCUT2D eigenvalue weighted by Gasteiger charge is -2.32. The maximum atomic E-state index is 13.2. The summed E-state index contributed by atoms with van der Waals surface area (Å²) in [6.45, 7) is 2.22. The van der Waals surface area contributed by atoms with Crippen molar-refractivity contribution in [3.8, 4) is 6.07 Å². The third kappa shape index (κ3) is 3.99. The summed E-state index contributed by atoms with van der Waals surface area (Å²) in [4.78, 5) is 15.4. The Labute approximate surface area is 139 Å². The molecule has 0 bridgehead atoms. The van der Waals surface area contributed by atoms with Crippen molar-refractivity contribution in [1.82, 2.24) is 4.90 Å². The van der Waals surface area contributed by atoms with Gasteiger partial charge in [-0.3, -0.25) is 4.79 Å². The predicted molar refractivity (Wildman–Crippen MR) is 84.4 cm³/mol. The molecule has 0 unspecified atom stereocenters. The zero-order valence-corrected chi connectivity index (χ0v) is 13.9. The van der Waals surface area contributed by atoms with Gasteiger partial charge in [0.2, 0.25) is 5.91 Å². The van der Waals surface area contributed by atoms with Gasteiger partial charge in [-0.15, -0.1) is 0 Å². The number of carbonyl (C=O) groups excluding carboxylic acids is 1. The Hall–Kier alpha value is -2.23. The van der Waals surface area contributed by atoms with Gasteiger partial charge in [-0.25, -0.2) is 0 Å². The van der Waals surface area contributed by atoms with Gasteiger partial charge in [-0.05, 0) is 43.9 Å². The first-order chi connectivity index (χ1) is 11.1. The van der Waals surface area contributed by atoms with Crippen LogP contribution in [0.2, 0.25) is 0 Å². The van der Waals surface area contributed by atoms with Crippen LogP contribution in [0.5, 0.6) is 0 Å². The SMILES string of the molecule is C[C@@H](C(=O)N(C)C)N(CC1CC1)c1ccc(C#N)c(C(F)(F)F)c1. The van der Waals surface area contributed by atoms with Crippen LogP contribution in [0.25, 0.3) is 0 Å². The summed E-state index contributed by atoms with van der Waals surface area (Å²) in [7, 11) is 3.24. The molecule has 1 saturated carbocycles. The molecule has 130 valence electrons. The van der Waals surface area contributed by atoms with Crippen LogP contribution >= 0.6 is 0 Å². The number of amides is 1. The molecule has 1 amide bonds. The Morgan fingerprint density at radius 2 is 2.00 bits per heavy atom. The third-order valence-corrected chi connectivity index (χ3v) is 4.18. The van der Waals surface area contributed by atoms with Crippen LogP contribution < -0.4 is 4.90 Å². The van der Waals surface area contributed by atoms with E-state index in [2.05, 4.69) is 0 Å². The van der Waals surface area contributed by atoms with Gasteiger partial charge in [0.1, 0.15) is 6.04 Å².